The molecule has 0 bridgehead atoms. The standard InChI is InChI=1S/C23H25N5O2S/c1-16-5-10-21-24-18(13-27(21)12-16)15-31-23-26-25-22(17-6-8-19(29-2)9-7-17)28(23)14-20-4-3-11-30-20/h5-10,12-13,20H,3-4,11,14-15H2,1-2H3/t20-/m0/s1. The molecule has 1 atom stereocenters. The van der Waals surface area contributed by atoms with Crippen LogP contribution in [0.15, 0.2) is 53.9 Å². The van der Waals surface area contributed by atoms with Gasteiger partial charge in [0.05, 0.1) is 25.5 Å². The van der Waals surface area contributed by atoms with E-state index in [1.165, 1.54) is 5.56 Å². The van der Waals surface area contributed by atoms with E-state index in [0.29, 0.717) is 0 Å². The molecule has 0 unspecified atom stereocenters. The van der Waals surface area contributed by atoms with Gasteiger partial charge >= 0.3 is 0 Å². The molecule has 160 valence electrons. The Morgan fingerprint density at radius 2 is 2.00 bits per heavy atom. The van der Waals surface area contributed by atoms with Crippen LogP contribution in [0.25, 0.3) is 17.0 Å². The lowest BCUT2D eigenvalue weighted by atomic mass is 10.2. The number of rotatable bonds is 7. The van der Waals surface area contributed by atoms with Gasteiger partial charge in [-0.05, 0) is 55.7 Å². The second-order valence-corrected chi connectivity index (χ2v) is 8.72. The quantitative estimate of drug-likeness (QED) is 0.401. The Morgan fingerprint density at radius 3 is 2.77 bits per heavy atom. The van der Waals surface area contributed by atoms with Gasteiger partial charge in [0.2, 0.25) is 0 Å². The number of ether oxygens (including phenoxy) is 2. The Bertz CT molecular complexity index is 1180. The monoisotopic (exact) mass is 435 g/mol. The molecule has 31 heavy (non-hydrogen) atoms. The fraction of sp³-hybridized carbons (Fsp3) is 0.348. The molecule has 4 heterocycles. The van der Waals surface area contributed by atoms with Crippen LogP contribution in [0.3, 0.4) is 0 Å². The minimum atomic E-state index is 0.200. The fourth-order valence-electron chi connectivity index (χ4n) is 3.87. The molecule has 0 aliphatic carbocycles. The van der Waals surface area contributed by atoms with Crippen LogP contribution in [0.5, 0.6) is 5.75 Å². The van der Waals surface area contributed by atoms with Crippen molar-refractivity contribution in [3.05, 3.63) is 60.0 Å². The van der Waals surface area contributed by atoms with Gasteiger partial charge in [0.25, 0.3) is 0 Å². The van der Waals surface area contributed by atoms with Crippen LogP contribution in [0.4, 0.5) is 0 Å². The highest BCUT2D eigenvalue weighted by molar-refractivity contribution is 7.98. The number of methoxy groups -OCH3 is 1. The van der Waals surface area contributed by atoms with Crippen LogP contribution in [0.1, 0.15) is 24.1 Å². The number of hydrogen-bond acceptors (Lipinski definition) is 6. The van der Waals surface area contributed by atoms with E-state index in [-0.39, 0.29) is 6.10 Å². The first-order chi connectivity index (χ1) is 15.2. The van der Waals surface area contributed by atoms with Crippen molar-refractivity contribution in [2.75, 3.05) is 13.7 Å². The normalized spacial score (nSPS) is 16.3. The Balaban J connectivity index is 1.41. The van der Waals surface area contributed by atoms with Crippen LogP contribution >= 0.6 is 11.8 Å². The van der Waals surface area contributed by atoms with Crippen molar-refractivity contribution in [2.24, 2.45) is 0 Å². The van der Waals surface area contributed by atoms with Crippen molar-refractivity contribution >= 4 is 17.4 Å². The van der Waals surface area contributed by atoms with Gasteiger partial charge in [-0.15, -0.1) is 10.2 Å². The molecule has 1 aliphatic rings. The molecule has 0 saturated carbocycles. The van der Waals surface area contributed by atoms with Crippen LogP contribution < -0.4 is 4.74 Å². The maximum absolute atomic E-state index is 5.90. The predicted octanol–water partition coefficient (Wildman–Crippen LogP) is 4.38. The molecule has 3 aromatic heterocycles. The molecule has 4 aromatic rings. The summed E-state index contributed by atoms with van der Waals surface area (Å²) in [6.07, 6.45) is 6.55. The van der Waals surface area contributed by atoms with Gasteiger partial charge in [-0.2, -0.15) is 0 Å². The largest absolute Gasteiger partial charge is 0.497 e. The second kappa shape index (κ2) is 8.72. The SMILES string of the molecule is COc1ccc(-c2nnc(SCc3cn4cc(C)ccc4n3)n2C[C@@H]2CCCO2)cc1. The molecule has 0 spiro atoms. The summed E-state index contributed by atoms with van der Waals surface area (Å²) >= 11 is 1.66. The molecular formula is C23H25N5O2S. The summed E-state index contributed by atoms with van der Waals surface area (Å²) in [6.45, 7) is 3.66. The summed E-state index contributed by atoms with van der Waals surface area (Å²) in [5.41, 5.74) is 4.21. The number of hydrogen-bond donors (Lipinski definition) is 0. The number of thioether (sulfide) groups is 1. The van der Waals surface area contributed by atoms with Gasteiger partial charge in [-0.25, -0.2) is 4.98 Å². The van der Waals surface area contributed by atoms with Gasteiger partial charge < -0.3 is 13.9 Å². The number of imidazole rings is 1. The first kappa shape index (κ1) is 20.1. The number of aryl methyl sites for hydroxylation is 1. The summed E-state index contributed by atoms with van der Waals surface area (Å²) in [5.74, 6) is 2.41. The summed E-state index contributed by atoms with van der Waals surface area (Å²) in [5, 5.41) is 9.92. The van der Waals surface area contributed by atoms with E-state index in [9.17, 15) is 0 Å². The van der Waals surface area contributed by atoms with Gasteiger partial charge in [-0.3, -0.25) is 4.57 Å². The molecule has 0 amide bonds. The summed E-state index contributed by atoms with van der Waals surface area (Å²) in [4.78, 5) is 4.73. The van der Waals surface area contributed by atoms with Crippen molar-refractivity contribution in [3.8, 4) is 17.1 Å². The minimum Gasteiger partial charge on any atom is -0.497 e. The van der Waals surface area contributed by atoms with E-state index < -0.39 is 0 Å². The average Bonchev–Trinajstić information content (AvgIpc) is 3.52. The predicted molar refractivity (Wildman–Crippen MR) is 120 cm³/mol. The third-order valence-electron chi connectivity index (χ3n) is 5.47. The lowest BCUT2D eigenvalue weighted by molar-refractivity contribution is 0.0953. The molecule has 1 aromatic carbocycles. The summed E-state index contributed by atoms with van der Waals surface area (Å²) < 4.78 is 15.5. The zero-order valence-corrected chi connectivity index (χ0v) is 18.5. The molecule has 0 N–H and O–H groups in total. The van der Waals surface area contributed by atoms with E-state index in [1.807, 2.05) is 30.3 Å². The molecule has 0 radical (unpaired) electrons. The van der Waals surface area contributed by atoms with Gasteiger partial charge in [0.15, 0.2) is 11.0 Å². The Kier molecular flexibility index (Phi) is 5.65. The van der Waals surface area contributed by atoms with Gasteiger partial charge in [0.1, 0.15) is 11.4 Å². The third kappa shape index (κ3) is 4.31. The van der Waals surface area contributed by atoms with E-state index >= 15 is 0 Å². The molecule has 8 heteroatoms. The number of benzene rings is 1. The molecule has 7 nitrogen and oxygen atoms in total. The van der Waals surface area contributed by atoms with Crippen LogP contribution in [0, 0.1) is 6.92 Å². The molecular weight excluding hydrogens is 410 g/mol. The number of aromatic nitrogens is 5. The van der Waals surface area contributed by atoms with E-state index in [1.54, 1.807) is 18.9 Å². The highest BCUT2D eigenvalue weighted by Crippen LogP contribution is 2.29. The van der Waals surface area contributed by atoms with Crippen LogP contribution in [-0.4, -0.2) is 44.0 Å². The van der Waals surface area contributed by atoms with E-state index in [4.69, 9.17) is 14.5 Å². The molecule has 1 aliphatic heterocycles. The Morgan fingerprint density at radius 1 is 1.13 bits per heavy atom. The Labute approximate surface area is 185 Å². The third-order valence-corrected chi connectivity index (χ3v) is 6.47. The summed E-state index contributed by atoms with van der Waals surface area (Å²) in [6, 6.07) is 12.1. The second-order valence-electron chi connectivity index (χ2n) is 7.77. The maximum atomic E-state index is 5.90. The smallest absolute Gasteiger partial charge is 0.191 e. The molecule has 1 saturated heterocycles. The lowest BCUT2D eigenvalue weighted by Crippen LogP contribution is -2.16. The number of fused-ring (bicyclic) bond motifs is 1. The van der Waals surface area contributed by atoms with Gasteiger partial charge in [0, 0.05) is 30.3 Å². The average molecular weight is 436 g/mol. The zero-order chi connectivity index (χ0) is 21.2. The minimum absolute atomic E-state index is 0.200. The van der Waals surface area contributed by atoms with E-state index in [2.05, 4.69) is 44.5 Å². The topological polar surface area (TPSA) is 66.5 Å². The number of nitrogens with zero attached hydrogens (tertiary/aromatic N) is 5. The highest BCUT2D eigenvalue weighted by atomic mass is 32.2. The van der Waals surface area contributed by atoms with Crippen molar-refractivity contribution < 1.29 is 9.47 Å². The van der Waals surface area contributed by atoms with Crippen molar-refractivity contribution in [3.63, 3.8) is 0 Å². The molecule has 5 rings (SSSR count). The Hall–Kier alpha value is -2.84. The van der Waals surface area contributed by atoms with Crippen LogP contribution in [0.2, 0.25) is 0 Å². The van der Waals surface area contributed by atoms with Crippen molar-refractivity contribution in [1.29, 1.82) is 0 Å². The zero-order valence-electron chi connectivity index (χ0n) is 17.7. The van der Waals surface area contributed by atoms with Crippen molar-refractivity contribution in [2.45, 2.75) is 43.3 Å². The molecule has 1 fully saturated rings. The van der Waals surface area contributed by atoms with Crippen LogP contribution in [-0.2, 0) is 17.0 Å². The first-order valence-corrected chi connectivity index (χ1v) is 11.4. The van der Waals surface area contributed by atoms with Gasteiger partial charge in [-0.1, -0.05) is 17.8 Å². The highest BCUT2D eigenvalue weighted by Gasteiger charge is 2.22. The van der Waals surface area contributed by atoms with E-state index in [0.717, 1.165) is 65.4 Å². The maximum Gasteiger partial charge on any atom is 0.191 e. The number of pyridine rings is 1. The lowest BCUT2D eigenvalue weighted by Gasteiger charge is -2.14. The van der Waals surface area contributed by atoms with Crippen molar-refractivity contribution in [1.82, 2.24) is 24.1 Å². The fourth-order valence-corrected chi connectivity index (χ4v) is 4.70. The summed E-state index contributed by atoms with van der Waals surface area (Å²) in [7, 11) is 1.67. The first-order valence-electron chi connectivity index (χ1n) is 10.5.